The van der Waals surface area contributed by atoms with E-state index in [0.29, 0.717) is 6.04 Å². The van der Waals surface area contributed by atoms with E-state index >= 15 is 0 Å². The van der Waals surface area contributed by atoms with Crippen molar-refractivity contribution in [3.05, 3.63) is 54.5 Å². The summed E-state index contributed by atoms with van der Waals surface area (Å²) in [6, 6.07) is 11.0. The van der Waals surface area contributed by atoms with Crippen molar-refractivity contribution in [1.29, 1.82) is 0 Å². The van der Waals surface area contributed by atoms with Crippen LogP contribution in [0.5, 0.6) is 0 Å². The van der Waals surface area contributed by atoms with Gasteiger partial charge in [-0.2, -0.15) is 0 Å². The highest BCUT2D eigenvalue weighted by atomic mass is 15.3. The number of fused-ring (bicyclic) bond motifs is 1. The molecule has 4 rings (SSSR count). The summed E-state index contributed by atoms with van der Waals surface area (Å²) in [6.07, 6.45) is 7.03. The fraction of sp³-hybridized carbons (Fsp3) is 0.368. The zero-order valence-electron chi connectivity index (χ0n) is 14.3. The molecule has 1 aliphatic rings. The van der Waals surface area contributed by atoms with Crippen molar-refractivity contribution in [3.63, 3.8) is 0 Å². The van der Waals surface area contributed by atoms with E-state index in [0.717, 1.165) is 32.0 Å². The lowest BCUT2D eigenvalue weighted by atomic mass is 10.1. The van der Waals surface area contributed by atoms with Crippen LogP contribution in [0.15, 0.2) is 48.9 Å². The highest BCUT2D eigenvalue weighted by Crippen LogP contribution is 2.25. The number of para-hydroxylation sites is 1. The quantitative estimate of drug-likeness (QED) is 0.740. The van der Waals surface area contributed by atoms with Crippen molar-refractivity contribution in [3.8, 4) is 0 Å². The highest BCUT2D eigenvalue weighted by molar-refractivity contribution is 5.83. The molecule has 0 saturated carbocycles. The molecule has 1 aromatic carbocycles. The van der Waals surface area contributed by atoms with Gasteiger partial charge in [-0.05, 0) is 24.1 Å². The first-order chi connectivity index (χ1) is 11.7. The zero-order valence-corrected chi connectivity index (χ0v) is 14.3. The summed E-state index contributed by atoms with van der Waals surface area (Å²) in [7, 11) is 4.22. The second kappa shape index (κ2) is 6.24. The third-order valence-electron chi connectivity index (χ3n) is 5.04. The molecule has 5 heteroatoms. The number of nitrogens with zero attached hydrogens (tertiary/aromatic N) is 5. The van der Waals surface area contributed by atoms with E-state index in [-0.39, 0.29) is 0 Å². The average molecular weight is 321 g/mol. The number of likely N-dealkylation sites (tertiary alicyclic amines) is 1. The zero-order chi connectivity index (χ0) is 16.5. The molecule has 0 amide bonds. The Kier molecular flexibility index (Phi) is 3.94. The molecule has 24 heavy (non-hydrogen) atoms. The van der Waals surface area contributed by atoms with Gasteiger partial charge in [0.05, 0.1) is 0 Å². The minimum atomic E-state index is 0.474. The lowest BCUT2D eigenvalue weighted by Crippen LogP contribution is -2.35. The molecule has 0 N–H and O–H groups in total. The number of hydrogen-bond donors (Lipinski definition) is 0. The Morgan fingerprint density at radius 1 is 1.17 bits per heavy atom. The Labute approximate surface area is 142 Å². The van der Waals surface area contributed by atoms with Crippen LogP contribution >= 0.6 is 0 Å². The maximum atomic E-state index is 4.37. The Hall–Kier alpha value is -2.40. The van der Waals surface area contributed by atoms with Crippen molar-refractivity contribution in [2.24, 2.45) is 7.05 Å². The average Bonchev–Trinajstić information content (AvgIpc) is 3.21. The van der Waals surface area contributed by atoms with Crippen molar-refractivity contribution >= 4 is 16.9 Å². The molecule has 5 nitrogen and oxygen atoms in total. The molecular formula is C19H23N5. The number of rotatable bonds is 4. The summed E-state index contributed by atoms with van der Waals surface area (Å²) in [5.41, 5.74) is 2.71. The third kappa shape index (κ3) is 2.76. The maximum absolute atomic E-state index is 4.37. The molecule has 0 bridgehead atoms. The first-order valence-corrected chi connectivity index (χ1v) is 8.47. The number of anilines is 1. The fourth-order valence-corrected chi connectivity index (χ4v) is 3.70. The lowest BCUT2D eigenvalue weighted by molar-refractivity contribution is 0.326. The van der Waals surface area contributed by atoms with Crippen LogP contribution in [0.4, 0.5) is 5.95 Å². The summed E-state index contributed by atoms with van der Waals surface area (Å²) >= 11 is 0. The number of benzene rings is 1. The van der Waals surface area contributed by atoms with Gasteiger partial charge in [0.1, 0.15) is 0 Å². The van der Waals surface area contributed by atoms with Crippen molar-refractivity contribution in [1.82, 2.24) is 19.4 Å². The molecule has 1 unspecified atom stereocenters. The summed E-state index contributed by atoms with van der Waals surface area (Å²) in [6.45, 7) is 3.17. The lowest BCUT2D eigenvalue weighted by Gasteiger charge is -2.24. The topological polar surface area (TPSA) is 37.2 Å². The molecule has 1 atom stereocenters. The first-order valence-electron chi connectivity index (χ1n) is 8.47. The van der Waals surface area contributed by atoms with E-state index < -0.39 is 0 Å². The van der Waals surface area contributed by atoms with Crippen molar-refractivity contribution in [2.45, 2.75) is 19.0 Å². The standard InChI is InChI=1S/C19H23N5/c1-22-12-15(17-6-3-4-7-18(17)22)13-24-11-8-16(14-24)23(2)19-20-9-5-10-21-19/h3-7,9-10,12,16H,8,11,13-14H2,1-2H3. The van der Waals surface area contributed by atoms with Gasteiger partial charge in [0.25, 0.3) is 0 Å². The monoisotopic (exact) mass is 321 g/mol. The summed E-state index contributed by atoms with van der Waals surface area (Å²) in [5, 5.41) is 1.36. The maximum Gasteiger partial charge on any atom is 0.225 e. The molecule has 124 valence electrons. The Bertz CT molecular complexity index is 826. The molecule has 1 saturated heterocycles. The van der Waals surface area contributed by atoms with Crippen LogP contribution < -0.4 is 4.90 Å². The SMILES string of the molecule is CN(c1ncccn1)C1CCN(Cc2cn(C)c3ccccc23)C1. The number of aryl methyl sites for hydroxylation is 1. The first kappa shape index (κ1) is 15.1. The Morgan fingerprint density at radius 2 is 1.96 bits per heavy atom. The second-order valence-corrected chi connectivity index (χ2v) is 6.62. The van der Waals surface area contributed by atoms with Gasteiger partial charge in [0.15, 0.2) is 0 Å². The van der Waals surface area contributed by atoms with Crippen LogP contribution in [-0.4, -0.2) is 45.6 Å². The summed E-state index contributed by atoms with van der Waals surface area (Å²) in [4.78, 5) is 13.5. The van der Waals surface area contributed by atoms with Gasteiger partial charge in [-0.1, -0.05) is 18.2 Å². The Balaban J connectivity index is 1.47. The minimum absolute atomic E-state index is 0.474. The number of hydrogen-bond acceptors (Lipinski definition) is 4. The summed E-state index contributed by atoms with van der Waals surface area (Å²) in [5.74, 6) is 0.814. The van der Waals surface area contributed by atoms with Crippen LogP contribution in [0, 0.1) is 0 Å². The fourth-order valence-electron chi connectivity index (χ4n) is 3.70. The molecule has 1 aliphatic heterocycles. The van der Waals surface area contributed by atoms with Crippen LogP contribution in [0.3, 0.4) is 0 Å². The van der Waals surface area contributed by atoms with Crippen LogP contribution in [-0.2, 0) is 13.6 Å². The smallest absolute Gasteiger partial charge is 0.225 e. The van der Waals surface area contributed by atoms with Crippen LogP contribution in [0.2, 0.25) is 0 Å². The molecule has 0 radical (unpaired) electrons. The van der Waals surface area contributed by atoms with Gasteiger partial charge >= 0.3 is 0 Å². The Morgan fingerprint density at radius 3 is 2.79 bits per heavy atom. The largest absolute Gasteiger partial charge is 0.350 e. The third-order valence-corrected chi connectivity index (χ3v) is 5.04. The van der Waals surface area contributed by atoms with Crippen molar-refractivity contribution in [2.75, 3.05) is 25.0 Å². The van der Waals surface area contributed by atoms with Crippen LogP contribution in [0.1, 0.15) is 12.0 Å². The van der Waals surface area contributed by atoms with E-state index in [1.54, 1.807) is 0 Å². The molecule has 3 aromatic rings. The van der Waals surface area contributed by atoms with E-state index in [4.69, 9.17) is 0 Å². The molecular weight excluding hydrogens is 298 g/mol. The molecule has 0 aliphatic carbocycles. The summed E-state index contributed by atoms with van der Waals surface area (Å²) < 4.78 is 2.22. The van der Waals surface area contributed by atoms with Gasteiger partial charge in [-0.3, -0.25) is 4.90 Å². The van der Waals surface area contributed by atoms with Crippen LogP contribution in [0.25, 0.3) is 10.9 Å². The minimum Gasteiger partial charge on any atom is -0.350 e. The second-order valence-electron chi connectivity index (χ2n) is 6.62. The molecule has 1 fully saturated rings. The van der Waals surface area contributed by atoms with E-state index in [2.05, 4.69) is 68.9 Å². The van der Waals surface area contributed by atoms with E-state index in [1.807, 2.05) is 18.5 Å². The van der Waals surface area contributed by atoms with E-state index in [1.165, 1.54) is 16.5 Å². The predicted octanol–water partition coefficient (Wildman–Crippen LogP) is 2.68. The molecule has 3 heterocycles. The van der Waals surface area contributed by atoms with E-state index in [9.17, 15) is 0 Å². The number of likely N-dealkylation sites (N-methyl/N-ethyl adjacent to an activating group) is 1. The van der Waals surface area contributed by atoms with Crippen molar-refractivity contribution < 1.29 is 0 Å². The highest BCUT2D eigenvalue weighted by Gasteiger charge is 2.27. The van der Waals surface area contributed by atoms with Gasteiger partial charge in [-0.15, -0.1) is 0 Å². The number of aromatic nitrogens is 3. The normalized spacial score (nSPS) is 18.3. The molecule has 2 aromatic heterocycles. The predicted molar refractivity (Wildman–Crippen MR) is 97.0 cm³/mol. The van der Waals surface area contributed by atoms with Gasteiger partial charge in [0, 0.05) is 69.3 Å². The van der Waals surface area contributed by atoms with Gasteiger partial charge < -0.3 is 9.47 Å². The van der Waals surface area contributed by atoms with Gasteiger partial charge in [-0.25, -0.2) is 9.97 Å². The molecule has 0 spiro atoms. The van der Waals surface area contributed by atoms with Gasteiger partial charge in [0.2, 0.25) is 5.95 Å².